The molecule has 3 aromatic rings. The minimum atomic E-state index is -0.593. The number of hydrogen-bond donors (Lipinski definition) is 4. The highest BCUT2D eigenvalue weighted by Gasteiger charge is 2.22. The number of nitrogen functional groups attached to an aromatic ring is 1. The van der Waals surface area contributed by atoms with E-state index in [0.717, 1.165) is 74.7 Å². The summed E-state index contributed by atoms with van der Waals surface area (Å²) >= 11 is 0.902. The van der Waals surface area contributed by atoms with Gasteiger partial charge in [-0.25, -0.2) is 13.8 Å². The molecule has 0 radical (unpaired) electrons. The van der Waals surface area contributed by atoms with Crippen molar-refractivity contribution in [2.45, 2.75) is 28.8 Å². The summed E-state index contributed by atoms with van der Waals surface area (Å²) in [6.07, 6.45) is 1.65. The second kappa shape index (κ2) is 12.8. The summed E-state index contributed by atoms with van der Waals surface area (Å²) in [6.45, 7) is 5.01. The Balaban J connectivity index is 1.36. The third-order valence-electron chi connectivity index (χ3n) is 7.18. The number of nitrogens with two attached hydrogens (primary N) is 1. The molecule has 2 saturated heterocycles. The summed E-state index contributed by atoms with van der Waals surface area (Å²) in [5.74, 6) is -1.95. The number of amidine groups is 1. The number of piperazine rings is 1. The van der Waals surface area contributed by atoms with Gasteiger partial charge in [-0.3, -0.25) is 10.2 Å². The summed E-state index contributed by atoms with van der Waals surface area (Å²) < 4.78 is 33.3. The fourth-order valence-electron chi connectivity index (χ4n) is 4.79. The van der Waals surface area contributed by atoms with E-state index in [9.17, 15) is 13.6 Å². The molecule has 41 heavy (non-hydrogen) atoms. The molecule has 5 N–H and O–H groups in total. The zero-order valence-corrected chi connectivity index (χ0v) is 23.6. The number of nitrogens with zero attached hydrogens (tertiary/aromatic N) is 3. The number of hydrogen-bond acceptors (Lipinski definition) is 9. The highest BCUT2D eigenvalue weighted by atomic mass is 32.2. The van der Waals surface area contributed by atoms with Gasteiger partial charge in [-0.1, -0.05) is 11.8 Å². The fraction of sp³-hybridized carbons (Fsp3) is 0.345. The van der Waals surface area contributed by atoms with Crippen LogP contribution in [0.2, 0.25) is 0 Å². The fourth-order valence-corrected chi connectivity index (χ4v) is 5.63. The number of carbonyl (C=O) groups excluding carboxylic acids is 1. The van der Waals surface area contributed by atoms with E-state index in [4.69, 9.17) is 15.9 Å². The molecule has 0 aliphatic carbocycles. The average molecular weight is 582 g/mol. The van der Waals surface area contributed by atoms with Crippen molar-refractivity contribution in [1.29, 1.82) is 5.41 Å². The Kier molecular flexibility index (Phi) is 9.01. The first-order chi connectivity index (χ1) is 19.8. The van der Waals surface area contributed by atoms with Gasteiger partial charge in [-0.05, 0) is 68.4 Å². The highest BCUT2D eigenvalue weighted by Crippen LogP contribution is 2.31. The van der Waals surface area contributed by atoms with Crippen molar-refractivity contribution >= 4 is 40.6 Å². The van der Waals surface area contributed by atoms with Gasteiger partial charge < -0.3 is 30.9 Å². The van der Waals surface area contributed by atoms with Crippen molar-refractivity contribution in [2.75, 3.05) is 62.4 Å². The molecule has 5 rings (SSSR count). The second-order valence-electron chi connectivity index (χ2n) is 10.1. The zero-order valence-electron chi connectivity index (χ0n) is 22.8. The van der Waals surface area contributed by atoms with Crippen LogP contribution in [-0.4, -0.2) is 74.1 Å². The van der Waals surface area contributed by atoms with Crippen LogP contribution in [0.25, 0.3) is 0 Å². The van der Waals surface area contributed by atoms with Gasteiger partial charge in [0.15, 0.2) is 5.84 Å². The number of benzene rings is 2. The Morgan fingerprint density at radius 1 is 1.07 bits per heavy atom. The molecule has 0 atom stereocenters. The van der Waals surface area contributed by atoms with Gasteiger partial charge in [0, 0.05) is 56.8 Å². The minimum Gasteiger partial charge on any atom is -0.397 e. The lowest BCUT2D eigenvalue weighted by Gasteiger charge is -2.34. The second-order valence-corrected chi connectivity index (χ2v) is 11.2. The Hall–Kier alpha value is -3.74. The Bertz CT molecular complexity index is 1430. The van der Waals surface area contributed by atoms with Gasteiger partial charge in [0.05, 0.1) is 16.1 Å². The van der Waals surface area contributed by atoms with Gasteiger partial charge >= 0.3 is 0 Å². The molecule has 0 spiro atoms. The van der Waals surface area contributed by atoms with Crippen molar-refractivity contribution in [1.82, 2.24) is 15.2 Å². The molecule has 2 aliphatic heterocycles. The van der Waals surface area contributed by atoms with Crippen LogP contribution in [0.5, 0.6) is 0 Å². The first-order valence-electron chi connectivity index (χ1n) is 13.5. The molecule has 2 fully saturated rings. The molecule has 1 amide bonds. The summed E-state index contributed by atoms with van der Waals surface area (Å²) in [5.41, 5.74) is 8.40. The van der Waals surface area contributed by atoms with Crippen molar-refractivity contribution in [3.63, 3.8) is 0 Å². The summed E-state index contributed by atoms with van der Waals surface area (Å²) in [6, 6.07) is 12.1. The maximum Gasteiger partial charge on any atom is 0.258 e. The lowest BCUT2D eigenvalue weighted by molar-refractivity contribution is 0.0904. The minimum absolute atomic E-state index is 0.0353. The molecule has 0 saturated carbocycles. The molecule has 9 nitrogen and oxygen atoms in total. The Morgan fingerprint density at radius 2 is 1.83 bits per heavy atom. The predicted octanol–water partition coefficient (Wildman–Crippen LogP) is 4.19. The summed E-state index contributed by atoms with van der Waals surface area (Å²) in [5, 5.41) is 15.0. The molecule has 0 bridgehead atoms. The number of aromatic nitrogens is 1. The van der Waals surface area contributed by atoms with E-state index < -0.39 is 17.5 Å². The normalized spacial score (nSPS) is 16.4. The number of rotatable bonds is 7. The van der Waals surface area contributed by atoms with Gasteiger partial charge in [0.1, 0.15) is 22.4 Å². The van der Waals surface area contributed by atoms with Crippen LogP contribution in [-0.2, 0) is 4.74 Å². The van der Waals surface area contributed by atoms with Crippen LogP contribution >= 0.6 is 11.8 Å². The molecule has 1 aromatic heterocycles. The van der Waals surface area contributed by atoms with E-state index in [1.54, 1.807) is 12.1 Å². The van der Waals surface area contributed by atoms with E-state index in [1.807, 2.05) is 12.1 Å². The van der Waals surface area contributed by atoms with Crippen molar-refractivity contribution in [3.05, 3.63) is 71.4 Å². The zero-order chi connectivity index (χ0) is 28.9. The van der Waals surface area contributed by atoms with E-state index in [-0.39, 0.29) is 28.2 Å². The smallest absolute Gasteiger partial charge is 0.258 e. The van der Waals surface area contributed by atoms with Crippen LogP contribution in [0, 0.1) is 17.0 Å². The third-order valence-corrected chi connectivity index (χ3v) is 8.15. The number of pyridine rings is 1. The lowest BCUT2D eigenvalue weighted by Crippen LogP contribution is -2.44. The molecule has 3 heterocycles. The molecule has 216 valence electrons. The van der Waals surface area contributed by atoms with Crippen LogP contribution in [0.1, 0.15) is 28.9 Å². The van der Waals surface area contributed by atoms with Crippen molar-refractivity contribution in [2.24, 2.45) is 0 Å². The summed E-state index contributed by atoms with van der Waals surface area (Å²) in [4.78, 5) is 22.5. The largest absolute Gasteiger partial charge is 0.397 e. The van der Waals surface area contributed by atoms with E-state index >= 15 is 0 Å². The SMILES string of the molecule is CN1CCN(c2ccc(C(=O)NC(=N)c3nc(Sc4cc(F)ccc4F)ccc3N)c(NC3CCOCC3)c2)CC1. The number of ether oxygens (including phenoxy) is 1. The van der Waals surface area contributed by atoms with Gasteiger partial charge in [-0.2, -0.15) is 0 Å². The van der Waals surface area contributed by atoms with Crippen LogP contribution < -0.4 is 21.3 Å². The van der Waals surface area contributed by atoms with Crippen LogP contribution in [0.15, 0.2) is 58.5 Å². The van der Waals surface area contributed by atoms with Crippen LogP contribution in [0.3, 0.4) is 0 Å². The predicted molar refractivity (Wildman–Crippen MR) is 157 cm³/mol. The van der Waals surface area contributed by atoms with Gasteiger partial charge in [0.25, 0.3) is 5.91 Å². The number of carbonyl (C=O) groups is 1. The molecule has 2 aromatic carbocycles. The quantitative estimate of drug-likeness (QED) is 0.242. The van der Waals surface area contributed by atoms with Crippen molar-refractivity contribution < 1.29 is 18.3 Å². The lowest BCUT2D eigenvalue weighted by atomic mass is 10.1. The van der Waals surface area contributed by atoms with E-state index in [2.05, 4.69) is 32.5 Å². The number of nitrogens with one attached hydrogen (secondary N) is 3. The molecular weight excluding hydrogens is 548 g/mol. The highest BCUT2D eigenvalue weighted by molar-refractivity contribution is 7.99. The van der Waals surface area contributed by atoms with Crippen LogP contribution in [0.4, 0.5) is 25.8 Å². The number of halogens is 2. The molecule has 0 unspecified atom stereocenters. The van der Waals surface area contributed by atoms with E-state index in [1.165, 1.54) is 6.07 Å². The topological polar surface area (TPSA) is 120 Å². The third kappa shape index (κ3) is 7.13. The Morgan fingerprint density at radius 3 is 2.59 bits per heavy atom. The Labute approximate surface area is 242 Å². The summed E-state index contributed by atoms with van der Waals surface area (Å²) in [7, 11) is 2.10. The van der Waals surface area contributed by atoms with E-state index in [0.29, 0.717) is 29.5 Å². The number of anilines is 3. The maximum absolute atomic E-state index is 14.2. The first-order valence-corrected chi connectivity index (χ1v) is 14.3. The number of likely N-dealkylation sites (N-methyl/N-ethyl adjacent to an activating group) is 1. The monoisotopic (exact) mass is 581 g/mol. The van der Waals surface area contributed by atoms with Gasteiger partial charge in [0.2, 0.25) is 0 Å². The van der Waals surface area contributed by atoms with Gasteiger partial charge in [-0.15, -0.1) is 0 Å². The molecule has 12 heteroatoms. The first kappa shape index (κ1) is 28.8. The molecule has 2 aliphatic rings. The number of amides is 1. The van der Waals surface area contributed by atoms with Crippen molar-refractivity contribution in [3.8, 4) is 0 Å². The maximum atomic E-state index is 14.2. The standard InChI is InChI=1S/C29H33F2N7O2S/c1-37-10-12-38(13-11-37)20-3-4-21(24(17-20)34-19-8-14-40-15-9-19)29(39)36-28(33)27-23(32)6-7-26(35-27)41-25-16-18(30)2-5-22(25)31/h2-7,16-17,19,34H,8-15,32H2,1H3,(H2,33,36,39). The average Bonchev–Trinajstić information content (AvgIpc) is 2.97. The molecular formula is C29H33F2N7O2S.